The number of hydrogen-bond donors (Lipinski definition) is 2. The lowest BCUT2D eigenvalue weighted by molar-refractivity contribution is -0.131. The van der Waals surface area contributed by atoms with Crippen LogP contribution < -0.4 is 0 Å². The van der Waals surface area contributed by atoms with Crippen LogP contribution in [0.3, 0.4) is 0 Å². The number of allylic oxidation sites excluding steroid dienone is 3. The summed E-state index contributed by atoms with van der Waals surface area (Å²) in [6.07, 6.45) is 18.8. The Morgan fingerprint density at radius 2 is 1.57 bits per heavy atom. The molecule has 0 aliphatic heterocycles. The summed E-state index contributed by atoms with van der Waals surface area (Å²) in [5, 5.41) is 18.2. The van der Waals surface area contributed by atoms with Crippen molar-refractivity contribution in [3.63, 3.8) is 0 Å². The number of carboxylic acid groups (broad SMARTS) is 1. The molecule has 0 unspecified atom stereocenters. The number of aliphatic hydroxyl groups is 1. The summed E-state index contributed by atoms with van der Waals surface area (Å²) in [7, 11) is 0. The first-order valence-electron chi connectivity index (χ1n) is 8.41. The van der Waals surface area contributed by atoms with Gasteiger partial charge in [0.05, 0.1) is 6.10 Å². The highest BCUT2D eigenvalue weighted by Gasteiger charge is 2.02. The van der Waals surface area contributed by atoms with E-state index >= 15 is 0 Å². The average molecular weight is 296 g/mol. The maximum Gasteiger partial charge on any atom is 0.328 e. The first-order chi connectivity index (χ1) is 10.2. The lowest BCUT2D eigenvalue weighted by Gasteiger charge is -2.08. The molecule has 21 heavy (non-hydrogen) atoms. The van der Waals surface area contributed by atoms with Gasteiger partial charge in [-0.1, -0.05) is 76.5 Å². The minimum Gasteiger partial charge on any atom is -0.478 e. The fraction of sp³-hybridized carbons (Fsp3) is 0.722. The maximum atomic E-state index is 10.2. The van der Waals surface area contributed by atoms with Gasteiger partial charge in [-0.2, -0.15) is 0 Å². The third kappa shape index (κ3) is 16.9. The normalized spacial score (nSPS) is 13.2. The average Bonchev–Trinajstić information content (AvgIpc) is 2.45. The summed E-state index contributed by atoms with van der Waals surface area (Å²) in [6, 6.07) is 0. The molecular formula is C18H32O3. The molecule has 0 saturated heterocycles. The summed E-state index contributed by atoms with van der Waals surface area (Å²) >= 11 is 0. The summed E-state index contributed by atoms with van der Waals surface area (Å²) < 4.78 is 0. The maximum absolute atomic E-state index is 10.2. The minimum atomic E-state index is -0.936. The van der Waals surface area contributed by atoms with Crippen LogP contribution in [0.25, 0.3) is 0 Å². The van der Waals surface area contributed by atoms with Crippen LogP contribution in [0, 0.1) is 0 Å². The van der Waals surface area contributed by atoms with Gasteiger partial charge in [0.25, 0.3) is 0 Å². The molecule has 0 fully saturated rings. The summed E-state index contributed by atoms with van der Waals surface area (Å²) in [5.74, 6) is -0.936. The van der Waals surface area contributed by atoms with Crippen LogP contribution in [0.2, 0.25) is 0 Å². The smallest absolute Gasteiger partial charge is 0.328 e. The Bertz CT molecular complexity index is 295. The first kappa shape index (κ1) is 19.9. The van der Waals surface area contributed by atoms with Gasteiger partial charge in [-0.05, 0) is 19.3 Å². The summed E-state index contributed by atoms with van der Waals surface area (Å²) in [6.45, 7) is 2.24. The fourth-order valence-electron chi connectivity index (χ4n) is 2.26. The molecule has 0 aliphatic carbocycles. The molecule has 0 aromatic rings. The highest BCUT2D eigenvalue weighted by molar-refractivity contribution is 5.80. The van der Waals surface area contributed by atoms with Crippen LogP contribution in [-0.4, -0.2) is 22.3 Å². The second kappa shape index (κ2) is 15.3. The van der Waals surface area contributed by atoms with Crippen molar-refractivity contribution in [3.05, 3.63) is 24.3 Å². The molecule has 0 saturated carbocycles. The third-order valence-electron chi connectivity index (χ3n) is 3.54. The predicted octanol–water partition coefficient (Wildman–Crippen LogP) is 4.86. The first-order valence-corrected chi connectivity index (χ1v) is 8.41. The molecule has 0 aromatic carbocycles. The van der Waals surface area contributed by atoms with Crippen LogP contribution in [0.5, 0.6) is 0 Å². The van der Waals surface area contributed by atoms with Gasteiger partial charge < -0.3 is 10.2 Å². The number of carboxylic acids is 1. The molecule has 0 heterocycles. The Kier molecular flexibility index (Phi) is 14.5. The van der Waals surface area contributed by atoms with Gasteiger partial charge in [0, 0.05) is 6.08 Å². The van der Waals surface area contributed by atoms with E-state index in [1.165, 1.54) is 51.0 Å². The lowest BCUT2D eigenvalue weighted by Crippen LogP contribution is -2.05. The molecule has 0 bridgehead atoms. The van der Waals surface area contributed by atoms with Gasteiger partial charge in [-0.25, -0.2) is 4.79 Å². The summed E-state index contributed by atoms with van der Waals surface area (Å²) in [4.78, 5) is 10.2. The van der Waals surface area contributed by atoms with Crippen LogP contribution in [0.15, 0.2) is 24.3 Å². The topological polar surface area (TPSA) is 57.5 Å². The molecule has 3 heteroatoms. The molecule has 0 radical (unpaired) electrons. The highest BCUT2D eigenvalue weighted by atomic mass is 16.4. The van der Waals surface area contributed by atoms with E-state index in [1.54, 1.807) is 6.08 Å². The van der Waals surface area contributed by atoms with E-state index in [-0.39, 0.29) is 6.10 Å². The van der Waals surface area contributed by atoms with E-state index in [4.69, 9.17) is 5.11 Å². The number of aliphatic carboxylic acids is 1. The van der Waals surface area contributed by atoms with E-state index in [2.05, 4.69) is 6.92 Å². The molecule has 0 amide bonds. The Morgan fingerprint density at radius 1 is 0.952 bits per heavy atom. The number of hydrogen-bond acceptors (Lipinski definition) is 2. The van der Waals surface area contributed by atoms with Gasteiger partial charge >= 0.3 is 5.97 Å². The van der Waals surface area contributed by atoms with E-state index in [0.29, 0.717) is 0 Å². The molecular weight excluding hydrogens is 264 g/mol. The van der Waals surface area contributed by atoms with Crippen molar-refractivity contribution in [2.45, 2.75) is 83.7 Å². The Balaban J connectivity index is 3.34. The second-order valence-corrected chi connectivity index (χ2v) is 5.62. The zero-order valence-corrected chi connectivity index (χ0v) is 13.5. The fourth-order valence-corrected chi connectivity index (χ4v) is 2.26. The predicted molar refractivity (Wildman–Crippen MR) is 88.4 cm³/mol. The SMILES string of the molecule is CCCCCCCCCC[C@@H](O)CCC=CC=CC(=O)O. The van der Waals surface area contributed by atoms with Crippen molar-refractivity contribution in [2.75, 3.05) is 0 Å². The van der Waals surface area contributed by atoms with Gasteiger partial charge in [0.15, 0.2) is 0 Å². The minimum absolute atomic E-state index is 0.224. The zero-order chi connectivity index (χ0) is 15.8. The van der Waals surface area contributed by atoms with Gasteiger partial charge in [0.2, 0.25) is 0 Å². The quantitative estimate of drug-likeness (QED) is 0.273. The van der Waals surface area contributed by atoms with E-state index in [0.717, 1.165) is 31.8 Å². The largest absolute Gasteiger partial charge is 0.478 e. The van der Waals surface area contributed by atoms with Crippen molar-refractivity contribution in [1.29, 1.82) is 0 Å². The van der Waals surface area contributed by atoms with Crippen LogP contribution >= 0.6 is 0 Å². The van der Waals surface area contributed by atoms with E-state index in [1.807, 2.05) is 6.08 Å². The molecule has 0 rings (SSSR count). The number of rotatable bonds is 14. The number of carbonyl (C=O) groups is 1. The van der Waals surface area contributed by atoms with Crippen molar-refractivity contribution in [2.24, 2.45) is 0 Å². The Hall–Kier alpha value is -1.09. The summed E-state index contributed by atoms with van der Waals surface area (Å²) in [5.41, 5.74) is 0. The third-order valence-corrected chi connectivity index (χ3v) is 3.54. The molecule has 0 aliphatic rings. The van der Waals surface area contributed by atoms with Gasteiger partial charge in [0.1, 0.15) is 0 Å². The van der Waals surface area contributed by atoms with Gasteiger partial charge in [-0.3, -0.25) is 0 Å². The second-order valence-electron chi connectivity index (χ2n) is 5.62. The zero-order valence-electron chi connectivity index (χ0n) is 13.5. The molecule has 0 aromatic heterocycles. The Morgan fingerprint density at radius 3 is 2.19 bits per heavy atom. The molecule has 3 nitrogen and oxygen atoms in total. The van der Waals surface area contributed by atoms with Crippen LogP contribution in [0.4, 0.5) is 0 Å². The molecule has 2 N–H and O–H groups in total. The molecule has 122 valence electrons. The van der Waals surface area contributed by atoms with Crippen LogP contribution in [0.1, 0.15) is 77.6 Å². The van der Waals surface area contributed by atoms with Gasteiger partial charge in [-0.15, -0.1) is 0 Å². The Labute approximate surface area is 129 Å². The van der Waals surface area contributed by atoms with Crippen molar-refractivity contribution < 1.29 is 15.0 Å². The van der Waals surface area contributed by atoms with E-state index in [9.17, 15) is 9.90 Å². The van der Waals surface area contributed by atoms with Crippen molar-refractivity contribution in [1.82, 2.24) is 0 Å². The van der Waals surface area contributed by atoms with Crippen molar-refractivity contribution in [3.8, 4) is 0 Å². The number of unbranched alkanes of at least 4 members (excludes halogenated alkanes) is 7. The monoisotopic (exact) mass is 296 g/mol. The standard InChI is InChI=1S/C18H32O3/c1-2-3-4-5-6-7-8-11-14-17(19)15-12-9-10-13-16-18(20)21/h9-10,13,16-17,19H,2-8,11-12,14-15H2,1H3,(H,20,21)/t17-/m1/s1. The molecule has 1 atom stereocenters. The molecule has 0 spiro atoms. The van der Waals surface area contributed by atoms with Crippen LogP contribution in [-0.2, 0) is 4.79 Å². The highest BCUT2D eigenvalue weighted by Crippen LogP contribution is 2.12. The lowest BCUT2D eigenvalue weighted by atomic mass is 10.0. The number of aliphatic hydroxyl groups excluding tert-OH is 1. The van der Waals surface area contributed by atoms with Crippen molar-refractivity contribution >= 4 is 5.97 Å². The van der Waals surface area contributed by atoms with E-state index < -0.39 is 5.97 Å².